The number of anilines is 3. The van der Waals surface area contributed by atoms with Gasteiger partial charge in [-0.1, -0.05) is 25.8 Å². The van der Waals surface area contributed by atoms with Crippen molar-refractivity contribution in [2.75, 3.05) is 24.7 Å². The van der Waals surface area contributed by atoms with Gasteiger partial charge in [0.25, 0.3) is 16.8 Å². The Bertz CT molecular complexity index is 1110. The molecule has 0 radical (unpaired) electrons. The van der Waals surface area contributed by atoms with Gasteiger partial charge in [0.05, 0.1) is 11.3 Å². The molecule has 3 N–H and O–H groups in total. The Labute approximate surface area is 164 Å². The number of carbonyl (C=O) groups excluding carboxylic acids is 1. The highest BCUT2D eigenvalue weighted by Crippen LogP contribution is 2.38. The van der Waals surface area contributed by atoms with Crippen LogP contribution < -0.4 is 21.5 Å². The standard InChI is InChI=1S/C20H25N3O4/c1-4-20(10-5-6-11-20)22-15-14(17(25)18(15)26)21-13-9-7-8-12(16(13)24)19(27)23(2)3/h7-9,21-22,24H,4-6,10-11H2,1-3H3/i1D3,4D2. The summed E-state index contributed by atoms with van der Waals surface area (Å²) >= 11 is 0. The van der Waals surface area contributed by atoms with Gasteiger partial charge in [0.1, 0.15) is 11.4 Å². The van der Waals surface area contributed by atoms with Crippen LogP contribution in [0.25, 0.3) is 0 Å². The van der Waals surface area contributed by atoms with Crippen LogP contribution in [0.15, 0.2) is 27.8 Å². The molecule has 0 unspecified atom stereocenters. The maximum Gasteiger partial charge on any atom is 0.257 e. The molecule has 0 bridgehead atoms. The highest BCUT2D eigenvalue weighted by atomic mass is 16.3. The molecule has 7 heteroatoms. The molecule has 0 spiro atoms. The third-order valence-corrected chi connectivity index (χ3v) is 4.90. The van der Waals surface area contributed by atoms with Gasteiger partial charge in [-0.3, -0.25) is 14.4 Å². The average Bonchev–Trinajstić information content (AvgIpc) is 3.20. The maximum atomic E-state index is 12.3. The van der Waals surface area contributed by atoms with Gasteiger partial charge in [0.2, 0.25) is 0 Å². The van der Waals surface area contributed by atoms with Crippen LogP contribution in [0.1, 0.15) is 56.1 Å². The lowest BCUT2D eigenvalue weighted by atomic mass is 9.93. The Morgan fingerprint density at radius 3 is 2.56 bits per heavy atom. The van der Waals surface area contributed by atoms with Crippen LogP contribution in [0.4, 0.5) is 17.1 Å². The fraction of sp³-hybridized carbons (Fsp3) is 0.450. The number of hydrogen-bond acceptors (Lipinski definition) is 6. The lowest BCUT2D eigenvalue weighted by Gasteiger charge is -2.31. The van der Waals surface area contributed by atoms with Gasteiger partial charge >= 0.3 is 0 Å². The summed E-state index contributed by atoms with van der Waals surface area (Å²) in [6.07, 6.45) is -1.18. The lowest BCUT2D eigenvalue weighted by Crippen LogP contribution is -2.43. The number of nitrogens with one attached hydrogen (secondary N) is 2. The quantitative estimate of drug-likeness (QED) is 0.529. The third kappa shape index (κ3) is 3.29. The smallest absolute Gasteiger partial charge is 0.257 e. The van der Waals surface area contributed by atoms with E-state index in [9.17, 15) is 19.5 Å². The summed E-state index contributed by atoms with van der Waals surface area (Å²) in [4.78, 5) is 38.1. The van der Waals surface area contributed by atoms with Crippen LogP contribution in [0.2, 0.25) is 0 Å². The van der Waals surface area contributed by atoms with Gasteiger partial charge in [0.15, 0.2) is 5.75 Å². The van der Waals surface area contributed by atoms with E-state index in [2.05, 4.69) is 10.6 Å². The molecular formula is C20H25N3O4. The largest absolute Gasteiger partial charge is 0.505 e. The highest BCUT2D eigenvalue weighted by molar-refractivity contribution is 5.99. The summed E-state index contributed by atoms with van der Waals surface area (Å²) in [5.74, 6) is -0.885. The van der Waals surface area contributed by atoms with Crippen LogP contribution in [-0.2, 0) is 0 Å². The van der Waals surface area contributed by atoms with E-state index in [0.717, 1.165) is 0 Å². The Balaban J connectivity index is 1.99. The molecule has 1 aliphatic carbocycles. The van der Waals surface area contributed by atoms with E-state index in [-0.39, 0.29) is 35.5 Å². The molecule has 1 fully saturated rings. The summed E-state index contributed by atoms with van der Waals surface area (Å²) in [5.41, 5.74) is -3.80. The van der Waals surface area contributed by atoms with Crippen LogP contribution in [0, 0.1) is 0 Å². The zero-order valence-electron chi connectivity index (χ0n) is 20.2. The summed E-state index contributed by atoms with van der Waals surface area (Å²) < 4.78 is 39.5. The Morgan fingerprint density at radius 2 is 1.93 bits per heavy atom. The second-order valence-electron chi connectivity index (χ2n) is 6.97. The van der Waals surface area contributed by atoms with Crippen molar-refractivity contribution in [3.63, 3.8) is 0 Å². The van der Waals surface area contributed by atoms with Crippen molar-refractivity contribution < 1.29 is 16.8 Å². The van der Waals surface area contributed by atoms with Gasteiger partial charge in [-0.2, -0.15) is 0 Å². The molecule has 2 aromatic rings. The molecule has 1 aliphatic rings. The van der Waals surface area contributed by atoms with Crippen LogP contribution in [0.3, 0.4) is 0 Å². The molecule has 0 saturated heterocycles. The number of carbonyl (C=O) groups is 1. The van der Waals surface area contributed by atoms with Crippen molar-refractivity contribution in [3.05, 3.63) is 44.2 Å². The van der Waals surface area contributed by atoms with Gasteiger partial charge in [0, 0.05) is 26.5 Å². The second-order valence-corrected chi connectivity index (χ2v) is 6.97. The predicted octanol–water partition coefficient (Wildman–Crippen LogP) is 2.57. The number of hydrogen-bond donors (Lipinski definition) is 3. The normalized spacial score (nSPS) is 19.4. The molecule has 3 rings (SSSR count). The molecule has 2 aromatic carbocycles. The van der Waals surface area contributed by atoms with Crippen molar-refractivity contribution >= 4 is 23.0 Å². The number of para-hydroxylation sites is 1. The number of rotatable bonds is 6. The summed E-state index contributed by atoms with van der Waals surface area (Å²) in [6.45, 7) is -2.95. The van der Waals surface area contributed by atoms with E-state index in [1.807, 2.05) is 0 Å². The molecule has 144 valence electrons. The van der Waals surface area contributed by atoms with Crippen molar-refractivity contribution in [2.45, 2.75) is 44.4 Å². The molecular weight excluding hydrogens is 346 g/mol. The molecule has 7 nitrogen and oxygen atoms in total. The summed E-state index contributed by atoms with van der Waals surface area (Å²) in [6, 6.07) is 4.31. The van der Waals surface area contributed by atoms with Gasteiger partial charge in [-0.25, -0.2) is 0 Å². The first-order valence-electron chi connectivity index (χ1n) is 11.2. The number of phenolic OH excluding ortho intramolecular Hbond substituents is 1. The molecule has 0 aromatic heterocycles. The molecule has 0 heterocycles. The first-order valence-corrected chi connectivity index (χ1v) is 8.66. The number of phenols is 1. The fourth-order valence-electron chi connectivity index (χ4n) is 3.32. The van der Waals surface area contributed by atoms with Crippen molar-refractivity contribution in [2.24, 2.45) is 0 Å². The number of benzene rings is 1. The number of nitrogens with zero attached hydrogens (tertiary/aromatic N) is 1. The van der Waals surface area contributed by atoms with Crippen LogP contribution >= 0.6 is 0 Å². The van der Waals surface area contributed by atoms with Gasteiger partial charge in [-0.15, -0.1) is 0 Å². The van der Waals surface area contributed by atoms with Crippen molar-refractivity contribution in [1.82, 2.24) is 4.90 Å². The SMILES string of the molecule is [2H]C([2H])([2H])C([2H])([2H])C1(Nc2c(Nc3cccc(C(=O)N(C)C)c3O)c(=O)c2=O)CCCC1. The number of amides is 1. The first kappa shape index (κ1) is 13.4. The third-order valence-electron chi connectivity index (χ3n) is 4.90. The molecule has 1 saturated carbocycles. The molecule has 27 heavy (non-hydrogen) atoms. The van der Waals surface area contributed by atoms with Crippen LogP contribution in [-0.4, -0.2) is 35.5 Å². The molecule has 0 aliphatic heterocycles. The summed E-state index contributed by atoms with van der Waals surface area (Å²) in [5, 5.41) is 15.9. The Hall–Kier alpha value is -2.83. The van der Waals surface area contributed by atoms with Crippen molar-refractivity contribution in [3.8, 4) is 5.75 Å². The van der Waals surface area contributed by atoms with E-state index in [1.54, 1.807) is 0 Å². The highest BCUT2D eigenvalue weighted by Gasteiger charge is 2.35. The average molecular weight is 376 g/mol. The van der Waals surface area contributed by atoms with E-state index >= 15 is 0 Å². The van der Waals surface area contributed by atoms with E-state index in [4.69, 9.17) is 6.85 Å². The minimum absolute atomic E-state index is 0.00662. The van der Waals surface area contributed by atoms with E-state index in [1.165, 1.54) is 37.2 Å². The lowest BCUT2D eigenvalue weighted by molar-refractivity contribution is 0.0824. The minimum Gasteiger partial charge on any atom is -0.505 e. The Kier molecular flexibility index (Phi) is 3.49. The van der Waals surface area contributed by atoms with E-state index < -0.39 is 41.3 Å². The van der Waals surface area contributed by atoms with E-state index in [0.29, 0.717) is 12.8 Å². The number of aromatic hydroxyl groups is 1. The molecule has 0 atom stereocenters. The zero-order valence-corrected chi connectivity index (χ0v) is 15.2. The van der Waals surface area contributed by atoms with Crippen LogP contribution in [0.5, 0.6) is 5.75 Å². The van der Waals surface area contributed by atoms with Gasteiger partial charge in [-0.05, 0) is 31.3 Å². The minimum atomic E-state index is -2.95. The molecule has 1 amide bonds. The Morgan fingerprint density at radius 1 is 1.26 bits per heavy atom. The van der Waals surface area contributed by atoms with Gasteiger partial charge < -0.3 is 20.6 Å². The topological polar surface area (TPSA) is 98.7 Å². The second kappa shape index (κ2) is 7.06. The maximum absolute atomic E-state index is 12.3. The zero-order chi connectivity index (χ0) is 24.1. The summed E-state index contributed by atoms with van der Waals surface area (Å²) in [7, 11) is 3.03. The van der Waals surface area contributed by atoms with Crippen molar-refractivity contribution in [1.29, 1.82) is 0 Å². The fourth-order valence-corrected chi connectivity index (χ4v) is 3.32. The predicted molar refractivity (Wildman–Crippen MR) is 106 cm³/mol. The monoisotopic (exact) mass is 376 g/mol. The first-order chi connectivity index (χ1) is 14.7.